The van der Waals surface area contributed by atoms with Crippen LogP contribution in [0.5, 0.6) is 5.88 Å². The summed E-state index contributed by atoms with van der Waals surface area (Å²) in [5.41, 5.74) is 0. The van der Waals surface area contributed by atoms with E-state index in [2.05, 4.69) is 16.9 Å². The molecule has 0 saturated heterocycles. The molecule has 0 amide bonds. The van der Waals surface area contributed by atoms with Crippen molar-refractivity contribution in [1.82, 2.24) is 4.98 Å². The van der Waals surface area contributed by atoms with Crippen LogP contribution in [0, 0.1) is 0 Å². The van der Waals surface area contributed by atoms with E-state index in [4.69, 9.17) is 4.74 Å². The zero-order valence-corrected chi connectivity index (χ0v) is 7.79. The lowest BCUT2D eigenvalue weighted by Gasteiger charge is -2.05. The molecule has 0 atom stereocenters. The summed E-state index contributed by atoms with van der Waals surface area (Å²) in [6.45, 7) is 6.94. The Labute approximate surface area is 78.4 Å². The van der Waals surface area contributed by atoms with Crippen LogP contribution in [0.3, 0.4) is 0 Å². The summed E-state index contributed by atoms with van der Waals surface area (Å²) >= 11 is 0. The fourth-order valence-electron chi connectivity index (χ4n) is 0.919. The van der Waals surface area contributed by atoms with E-state index < -0.39 is 0 Å². The highest BCUT2D eigenvalue weighted by Crippen LogP contribution is 2.10. The molecule has 3 nitrogen and oxygen atoms in total. The van der Waals surface area contributed by atoms with Crippen molar-refractivity contribution in [1.29, 1.82) is 0 Å². The Bertz CT molecular complexity index is 273. The fraction of sp³-hybridized carbons (Fsp3) is 0.300. The molecule has 0 spiro atoms. The van der Waals surface area contributed by atoms with E-state index in [1.165, 1.54) is 0 Å². The summed E-state index contributed by atoms with van der Waals surface area (Å²) in [4.78, 5) is 4.22. The molecule has 1 N–H and O–H groups in total. The average Bonchev–Trinajstić information content (AvgIpc) is 2.16. The van der Waals surface area contributed by atoms with Crippen molar-refractivity contribution in [3.05, 3.63) is 30.9 Å². The first kappa shape index (κ1) is 9.58. The zero-order valence-electron chi connectivity index (χ0n) is 7.79. The van der Waals surface area contributed by atoms with E-state index in [9.17, 15) is 0 Å². The van der Waals surface area contributed by atoms with Gasteiger partial charge in [0.2, 0.25) is 5.88 Å². The molecule has 3 heteroatoms. The minimum absolute atomic E-state index is 0.489. The third-order valence-corrected chi connectivity index (χ3v) is 1.43. The van der Waals surface area contributed by atoms with Crippen LogP contribution in [-0.4, -0.2) is 18.1 Å². The Balaban J connectivity index is 2.61. The second-order valence-electron chi connectivity index (χ2n) is 2.49. The standard InChI is InChI=1S/C10H14N2O/c1-3-8-13-10-7-5-6-9(12-10)11-4-2/h3,5-7H,1,4,8H2,2H3,(H,11,12). The fourth-order valence-corrected chi connectivity index (χ4v) is 0.919. The first-order chi connectivity index (χ1) is 6.36. The van der Waals surface area contributed by atoms with Crippen molar-refractivity contribution in [2.75, 3.05) is 18.5 Å². The van der Waals surface area contributed by atoms with Gasteiger partial charge in [0.1, 0.15) is 12.4 Å². The summed E-state index contributed by atoms with van der Waals surface area (Å²) in [6, 6.07) is 5.64. The lowest BCUT2D eigenvalue weighted by molar-refractivity contribution is 0.349. The van der Waals surface area contributed by atoms with Gasteiger partial charge < -0.3 is 10.1 Å². The number of anilines is 1. The molecule has 0 aliphatic heterocycles. The van der Waals surface area contributed by atoms with Gasteiger partial charge in [0.15, 0.2) is 0 Å². The number of hydrogen-bond donors (Lipinski definition) is 1. The second kappa shape index (κ2) is 5.19. The molecule has 0 bridgehead atoms. The molecule has 0 saturated carbocycles. The minimum atomic E-state index is 0.489. The molecule has 1 aromatic rings. The van der Waals surface area contributed by atoms with Gasteiger partial charge >= 0.3 is 0 Å². The van der Waals surface area contributed by atoms with Crippen LogP contribution in [-0.2, 0) is 0 Å². The Morgan fingerprint density at radius 3 is 3.15 bits per heavy atom. The van der Waals surface area contributed by atoms with Gasteiger partial charge in [-0.2, -0.15) is 4.98 Å². The van der Waals surface area contributed by atoms with Crippen LogP contribution in [0.4, 0.5) is 5.82 Å². The molecule has 0 aromatic carbocycles. The number of pyridine rings is 1. The van der Waals surface area contributed by atoms with Crippen molar-refractivity contribution in [2.45, 2.75) is 6.92 Å². The summed E-state index contributed by atoms with van der Waals surface area (Å²) in [6.07, 6.45) is 1.70. The van der Waals surface area contributed by atoms with Gasteiger partial charge in [-0.15, -0.1) is 0 Å². The SMILES string of the molecule is C=CCOc1cccc(NCC)n1. The molecular weight excluding hydrogens is 164 g/mol. The van der Waals surface area contributed by atoms with Gasteiger partial charge in [0.25, 0.3) is 0 Å². The number of nitrogens with zero attached hydrogens (tertiary/aromatic N) is 1. The van der Waals surface area contributed by atoms with Crippen LogP contribution >= 0.6 is 0 Å². The van der Waals surface area contributed by atoms with Gasteiger partial charge in [-0.25, -0.2) is 0 Å². The van der Waals surface area contributed by atoms with Crippen LogP contribution in [0.2, 0.25) is 0 Å². The maximum absolute atomic E-state index is 5.27. The lowest BCUT2D eigenvalue weighted by Crippen LogP contribution is -2.01. The van der Waals surface area contributed by atoms with Gasteiger partial charge in [-0.3, -0.25) is 0 Å². The number of aromatic nitrogens is 1. The summed E-state index contributed by atoms with van der Waals surface area (Å²) in [5.74, 6) is 1.46. The van der Waals surface area contributed by atoms with Crippen LogP contribution in [0.15, 0.2) is 30.9 Å². The van der Waals surface area contributed by atoms with Gasteiger partial charge in [0, 0.05) is 12.6 Å². The minimum Gasteiger partial charge on any atom is -0.473 e. The lowest BCUT2D eigenvalue weighted by atomic mass is 10.4. The first-order valence-electron chi connectivity index (χ1n) is 4.31. The molecule has 0 aliphatic rings. The maximum Gasteiger partial charge on any atom is 0.215 e. The average molecular weight is 178 g/mol. The van der Waals surface area contributed by atoms with Crippen molar-refractivity contribution in [3.8, 4) is 5.88 Å². The molecule has 0 unspecified atom stereocenters. The van der Waals surface area contributed by atoms with Crippen LogP contribution in [0.25, 0.3) is 0 Å². The van der Waals surface area contributed by atoms with Crippen LogP contribution < -0.4 is 10.1 Å². The largest absolute Gasteiger partial charge is 0.473 e. The van der Waals surface area contributed by atoms with Gasteiger partial charge in [0.05, 0.1) is 0 Å². The number of hydrogen-bond acceptors (Lipinski definition) is 3. The Hall–Kier alpha value is -1.51. The topological polar surface area (TPSA) is 34.1 Å². The molecule has 70 valence electrons. The highest BCUT2D eigenvalue weighted by molar-refractivity contribution is 5.36. The van der Waals surface area contributed by atoms with E-state index in [1.807, 2.05) is 25.1 Å². The zero-order chi connectivity index (χ0) is 9.52. The van der Waals surface area contributed by atoms with Crippen LogP contribution in [0.1, 0.15) is 6.92 Å². The predicted molar refractivity (Wildman–Crippen MR) is 54.1 cm³/mol. The van der Waals surface area contributed by atoms with Crippen molar-refractivity contribution >= 4 is 5.82 Å². The molecule has 0 radical (unpaired) electrons. The van der Waals surface area contributed by atoms with Gasteiger partial charge in [-0.1, -0.05) is 18.7 Å². The van der Waals surface area contributed by atoms with E-state index in [0.717, 1.165) is 12.4 Å². The van der Waals surface area contributed by atoms with Crippen molar-refractivity contribution in [2.24, 2.45) is 0 Å². The monoisotopic (exact) mass is 178 g/mol. The summed E-state index contributed by atoms with van der Waals surface area (Å²) in [7, 11) is 0. The highest BCUT2D eigenvalue weighted by Gasteiger charge is 1.95. The third kappa shape index (κ3) is 3.15. The maximum atomic E-state index is 5.27. The van der Waals surface area contributed by atoms with Crippen molar-refractivity contribution in [3.63, 3.8) is 0 Å². The highest BCUT2D eigenvalue weighted by atomic mass is 16.5. The Kier molecular flexibility index (Phi) is 3.82. The second-order valence-corrected chi connectivity index (χ2v) is 2.49. The van der Waals surface area contributed by atoms with E-state index in [1.54, 1.807) is 6.08 Å². The molecule has 0 aliphatic carbocycles. The van der Waals surface area contributed by atoms with E-state index >= 15 is 0 Å². The smallest absolute Gasteiger partial charge is 0.215 e. The molecule has 1 rings (SSSR count). The Morgan fingerprint density at radius 1 is 1.62 bits per heavy atom. The van der Waals surface area contributed by atoms with Crippen molar-refractivity contribution < 1.29 is 4.74 Å². The Morgan fingerprint density at radius 2 is 2.46 bits per heavy atom. The normalized spacial score (nSPS) is 9.31. The molecule has 0 fully saturated rings. The van der Waals surface area contributed by atoms with E-state index in [-0.39, 0.29) is 0 Å². The number of rotatable bonds is 5. The quantitative estimate of drug-likeness (QED) is 0.701. The van der Waals surface area contributed by atoms with Gasteiger partial charge in [-0.05, 0) is 13.0 Å². The molecule has 13 heavy (non-hydrogen) atoms. The summed E-state index contributed by atoms with van der Waals surface area (Å²) in [5, 5.41) is 3.11. The predicted octanol–water partition coefficient (Wildman–Crippen LogP) is 2.08. The summed E-state index contributed by atoms with van der Waals surface area (Å²) < 4.78 is 5.27. The number of nitrogens with one attached hydrogen (secondary N) is 1. The molecule has 1 heterocycles. The van der Waals surface area contributed by atoms with E-state index in [0.29, 0.717) is 12.5 Å². The third-order valence-electron chi connectivity index (χ3n) is 1.43. The number of ether oxygens (including phenoxy) is 1. The molecular formula is C10H14N2O. The first-order valence-corrected chi connectivity index (χ1v) is 4.31. The molecule has 1 aromatic heterocycles.